The highest BCUT2D eigenvalue weighted by atomic mass is 16.2. The first-order chi connectivity index (χ1) is 9.01. The van der Waals surface area contributed by atoms with Gasteiger partial charge in [-0.05, 0) is 43.4 Å². The van der Waals surface area contributed by atoms with Gasteiger partial charge in [0, 0.05) is 12.4 Å². The van der Waals surface area contributed by atoms with Gasteiger partial charge in [-0.2, -0.15) is 0 Å². The van der Waals surface area contributed by atoms with Crippen LogP contribution in [0, 0.1) is 5.92 Å². The number of hydrogen-bond acceptors (Lipinski definition) is 3. The molecule has 0 saturated heterocycles. The van der Waals surface area contributed by atoms with Crippen LogP contribution in [0.3, 0.4) is 0 Å². The topological polar surface area (TPSA) is 68.0 Å². The first-order valence-corrected chi connectivity index (χ1v) is 7.01. The molecule has 0 bridgehead atoms. The zero-order valence-corrected chi connectivity index (χ0v) is 11.7. The third kappa shape index (κ3) is 3.32. The van der Waals surface area contributed by atoms with Crippen LogP contribution in [0.2, 0.25) is 0 Å². The Bertz CT molecular complexity index is 434. The fraction of sp³-hybridized carbons (Fsp3) is 0.600. The number of hydrogen-bond donors (Lipinski definition) is 2. The summed E-state index contributed by atoms with van der Waals surface area (Å²) in [5, 5.41) is 3.04. The summed E-state index contributed by atoms with van der Waals surface area (Å²) in [6.07, 6.45) is 7.24. The van der Waals surface area contributed by atoms with E-state index in [2.05, 4.69) is 17.2 Å². The smallest absolute Gasteiger partial charge is 0.240 e. The Morgan fingerprint density at radius 1 is 1.53 bits per heavy atom. The Balaban J connectivity index is 2.00. The molecule has 1 saturated carbocycles. The average Bonchev–Trinajstić information content (AvgIpc) is 2.39. The molecule has 3 atom stereocenters. The minimum Gasteiger partial charge on any atom is -0.348 e. The highest BCUT2D eigenvalue weighted by Crippen LogP contribution is 2.31. The summed E-state index contributed by atoms with van der Waals surface area (Å²) >= 11 is 0. The molecule has 0 spiro atoms. The maximum atomic E-state index is 12.4. The lowest BCUT2D eigenvalue weighted by molar-refractivity contribution is -0.128. The molecule has 19 heavy (non-hydrogen) atoms. The van der Waals surface area contributed by atoms with Crippen molar-refractivity contribution in [3.8, 4) is 0 Å². The molecule has 0 aliphatic heterocycles. The standard InChI is InChI=1S/C15H23N3O/c1-11-4-3-7-15(16,10-11)14(19)18-12(2)13-5-8-17-9-6-13/h5-6,8-9,11-12H,3-4,7,10,16H2,1-2H3,(H,18,19)/t11?,12-,15?/m1/s1. The van der Waals surface area contributed by atoms with E-state index in [-0.39, 0.29) is 11.9 Å². The highest BCUT2D eigenvalue weighted by Gasteiger charge is 2.38. The van der Waals surface area contributed by atoms with Crippen molar-refractivity contribution in [3.05, 3.63) is 30.1 Å². The van der Waals surface area contributed by atoms with E-state index in [0.29, 0.717) is 5.92 Å². The lowest BCUT2D eigenvalue weighted by Gasteiger charge is -2.36. The molecule has 1 amide bonds. The van der Waals surface area contributed by atoms with E-state index in [1.54, 1.807) is 12.4 Å². The summed E-state index contributed by atoms with van der Waals surface area (Å²) in [7, 11) is 0. The van der Waals surface area contributed by atoms with Gasteiger partial charge < -0.3 is 11.1 Å². The molecule has 3 N–H and O–H groups in total. The van der Waals surface area contributed by atoms with Crippen LogP contribution in [0.1, 0.15) is 51.1 Å². The Kier molecular flexibility index (Phi) is 4.20. The Morgan fingerprint density at radius 2 is 2.21 bits per heavy atom. The lowest BCUT2D eigenvalue weighted by Crippen LogP contribution is -2.56. The van der Waals surface area contributed by atoms with Crippen molar-refractivity contribution in [1.82, 2.24) is 10.3 Å². The molecular formula is C15H23N3O. The quantitative estimate of drug-likeness (QED) is 0.876. The summed E-state index contributed by atoms with van der Waals surface area (Å²) in [4.78, 5) is 16.4. The fourth-order valence-electron chi connectivity index (χ4n) is 2.87. The first-order valence-electron chi connectivity index (χ1n) is 7.01. The molecule has 1 aromatic heterocycles. The van der Waals surface area contributed by atoms with Gasteiger partial charge in [-0.3, -0.25) is 9.78 Å². The zero-order chi connectivity index (χ0) is 13.9. The van der Waals surface area contributed by atoms with Gasteiger partial charge >= 0.3 is 0 Å². The summed E-state index contributed by atoms with van der Waals surface area (Å²) in [6, 6.07) is 3.79. The normalized spacial score (nSPS) is 28.7. The number of nitrogens with two attached hydrogens (primary N) is 1. The fourth-order valence-corrected chi connectivity index (χ4v) is 2.87. The third-order valence-corrected chi connectivity index (χ3v) is 4.04. The van der Waals surface area contributed by atoms with Crippen LogP contribution in [-0.2, 0) is 4.79 Å². The monoisotopic (exact) mass is 261 g/mol. The van der Waals surface area contributed by atoms with Crippen molar-refractivity contribution < 1.29 is 4.79 Å². The second kappa shape index (κ2) is 5.70. The van der Waals surface area contributed by atoms with Gasteiger partial charge in [-0.25, -0.2) is 0 Å². The molecule has 2 rings (SSSR count). The van der Waals surface area contributed by atoms with E-state index in [9.17, 15) is 4.79 Å². The van der Waals surface area contributed by atoms with E-state index in [1.807, 2.05) is 19.1 Å². The van der Waals surface area contributed by atoms with Crippen molar-refractivity contribution in [3.63, 3.8) is 0 Å². The van der Waals surface area contributed by atoms with E-state index in [0.717, 1.165) is 24.8 Å². The number of pyridine rings is 1. The molecule has 104 valence electrons. The maximum Gasteiger partial charge on any atom is 0.240 e. The molecule has 1 fully saturated rings. The Morgan fingerprint density at radius 3 is 2.84 bits per heavy atom. The summed E-state index contributed by atoms with van der Waals surface area (Å²) < 4.78 is 0. The molecule has 1 heterocycles. The van der Waals surface area contributed by atoms with Crippen LogP contribution in [0.25, 0.3) is 0 Å². The number of nitrogens with zero attached hydrogens (tertiary/aromatic N) is 1. The number of amides is 1. The van der Waals surface area contributed by atoms with E-state index in [4.69, 9.17) is 5.73 Å². The SMILES string of the molecule is CC1CCCC(N)(C(=O)N[C@H](C)c2ccncc2)C1. The summed E-state index contributed by atoms with van der Waals surface area (Å²) in [6.45, 7) is 4.14. The molecular weight excluding hydrogens is 238 g/mol. The van der Waals surface area contributed by atoms with Gasteiger partial charge in [0.15, 0.2) is 0 Å². The number of carbonyl (C=O) groups excluding carboxylic acids is 1. The van der Waals surface area contributed by atoms with Gasteiger partial charge in [0.1, 0.15) is 0 Å². The molecule has 1 aliphatic rings. The van der Waals surface area contributed by atoms with Crippen LogP contribution in [-0.4, -0.2) is 16.4 Å². The van der Waals surface area contributed by atoms with Gasteiger partial charge in [0.2, 0.25) is 5.91 Å². The zero-order valence-electron chi connectivity index (χ0n) is 11.7. The minimum absolute atomic E-state index is 0.0247. The third-order valence-electron chi connectivity index (χ3n) is 4.04. The van der Waals surface area contributed by atoms with Crippen LogP contribution in [0.5, 0.6) is 0 Å². The largest absolute Gasteiger partial charge is 0.348 e. The number of rotatable bonds is 3. The molecule has 0 radical (unpaired) electrons. The van der Waals surface area contributed by atoms with Crippen molar-refractivity contribution in [2.75, 3.05) is 0 Å². The second-order valence-electron chi connectivity index (χ2n) is 5.83. The number of carbonyl (C=O) groups is 1. The Hall–Kier alpha value is -1.42. The van der Waals surface area contributed by atoms with Gasteiger partial charge in [-0.1, -0.05) is 19.8 Å². The van der Waals surface area contributed by atoms with Crippen molar-refractivity contribution in [1.29, 1.82) is 0 Å². The second-order valence-corrected chi connectivity index (χ2v) is 5.83. The van der Waals surface area contributed by atoms with Crippen molar-refractivity contribution in [2.24, 2.45) is 11.7 Å². The van der Waals surface area contributed by atoms with Crippen molar-refractivity contribution in [2.45, 2.75) is 51.1 Å². The Labute approximate surface area is 114 Å². The van der Waals surface area contributed by atoms with Crippen LogP contribution >= 0.6 is 0 Å². The minimum atomic E-state index is -0.695. The van der Waals surface area contributed by atoms with Crippen LogP contribution in [0.15, 0.2) is 24.5 Å². The van der Waals surface area contributed by atoms with E-state index >= 15 is 0 Å². The summed E-state index contributed by atoms with van der Waals surface area (Å²) in [5.41, 5.74) is 6.65. The van der Waals surface area contributed by atoms with E-state index in [1.165, 1.54) is 6.42 Å². The molecule has 0 aromatic carbocycles. The molecule has 4 heteroatoms. The van der Waals surface area contributed by atoms with E-state index < -0.39 is 5.54 Å². The van der Waals surface area contributed by atoms with Gasteiger partial charge in [0.25, 0.3) is 0 Å². The van der Waals surface area contributed by atoms with Gasteiger partial charge in [0.05, 0.1) is 11.6 Å². The molecule has 1 aliphatic carbocycles. The molecule has 1 aromatic rings. The summed E-state index contributed by atoms with van der Waals surface area (Å²) in [5.74, 6) is 0.504. The predicted octanol–water partition coefficient (Wildman–Crippen LogP) is 2.17. The maximum absolute atomic E-state index is 12.4. The van der Waals surface area contributed by atoms with Gasteiger partial charge in [-0.15, -0.1) is 0 Å². The number of nitrogens with one attached hydrogen (secondary N) is 1. The van der Waals surface area contributed by atoms with Crippen molar-refractivity contribution >= 4 is 5.91 Å². The average molecular weight is 261 g/mol. The van der Waals surface area contributed by atoms with Crippen LogP contribution in [0.4, 0.5) is 0 Å². The number of aromatic nitrogens is 1. The molecule has 4 nitrogen and oxygen atoms in total. The van der Waals surface area contributed by atoms with Crippen LogP contribution < -0.4 is 11.1 Å². The first kappa shape index (κ1) is 14.0. The highest BCUT2D eigenvalue weighted by molar-refractivity contribution is 5.86. The predicted molar refractivity (Wildman–Crippen MR) is 75.3 cm³/mol. The molecule has 2 unspecified atom stereocenters. The lowest BCUT2D eigenvalue weighted by atomic mass is 9.76.